The fourth-order valence-corrected chi connectivity index (χ4v) is 5.64. The van der Waals surface area contributed by atoms with Gasteiger partial charge >= 0.3 is 0 Å². The summed E-state index contributed by atoms with van der Waals surface area (Å²) in [5.41, 5.74) is 7.76. The Hall–Kier alpha value is -3.42. The number of aromatic nitrogens is 1. The number of amides is 2. The lowest BCUT2D eigenvalue weighted by atomic mass is 9.96. The first-order valence-electron chi connectivity index (χ1n) is 13.5. The van der Waals surface area contributed by atoms with E-state index in [4.69, 9.17) is 5.73 Å². The summed E-state index contributed by atoms with van der Waals surface area (Å²) in [6.45, 7) is 6.23. The van der Waals surface area contributed by atoms with Crippen LogP contribution in [0.3, 0.4) is 0 Å². The Morgan fingerprint density at radius 3 is 2.22 bits per heavy atom. The number of ketones is 1. The molecule has 4 N–H and O–H groups in total. The topological polar surface area (TPSA) is 117 Å². The molecule has 1 saturated carbocycles. The van der Waals surface area contributed by atoms with Gasteiger partial charge in [-0.15, -0.1) is 0 Å². The average molecular weight is 504 g/mol. The van der Waals surface area contributed by atoms with Gasteiger partial charge in [0.25, 0.3) is 11.8 Å². The maximum absolute atomic E-state index is 13.2. The van der Waals surface area contributed by atoms with E-state index in [9.17, 15) is 14.4 Å². The number of nitrogens with zero attached hydrogens (tertiary/aromatic N) is 2. The molecular formula is C29H37N5O3. The van der Waals surface area contributed by atoms with Gasteiger partial charge in [0.2, 0.25) is 0 Å². The highest BCUT2D eigenvalue weighted by molar-refractivity contribution is 6.02. The Balaban J connectivity index is 1.25. The van der Waals surface area contributed by atoms with E-state index in [1.165, 1.54) is 0 Å². The first kappa shape index (κ1) is 25.2. The van der Waals surface area contributed by atoms with E-state index in [-0.39, 0.29) is 29.7 Å². The van der Waals surface area contributed by atoms with Crippen molar-refractivity contribution < 1.29 is 14.4 Å². The highest BCUT2D eigenvalue weighted by atomic mass is 16.2. The van der Waals surface area contributed by atoms with Crippen molar-refractivity contribution in [1.82, 2.24) is 10.3 Å². The molecule has 2 amide bonds. The van der Waals surface area contributed by atoms with Crippen molar-refractivity contribution in [1.29, 1.82) is 0 Å². The van der Waals surface area contributed by atoms with E-state index in [0.717, 1.165) is 44.3 Å². The summed E-state index contributed by atoms with van der Waals surface area (Å²) < 4.78 is 0. The van der Waals surface area contributed by atoms with Crippen LogP contribution in [0.15, 0.2) is 36.5 Å². The number of piperidine rings is 1. The molecule has 2 saturated heterocycles. The monoisotopic (exact) mass is 503 g/mol. The number of hydrogen-bond donors (Lipinski definition) is 3. The van der Waals surface area contributed by atoms with Crippen LogP contribution in [0.1, 0.15) is 90.4 Å². The molecule has 2 bridgehead atoms. The van der Waals surface area contributed by atoms with E-state index < -0.39 is 5.91 Å². The van der Waals surface area contributed by atoms with Crippen LogP contribution < -0.4 is 21.3 Å². The molecule has 5 rings (SSSR count). The van der Waals surface area contributed by atoms with Crippen molar-refractivity contribution in [3.8, 4) is 0 Å². The average Bonchev–Trinajstić information content (AvgIpc) is 3.68. The zero-order valence-electron chi connectivity index (χ0n) is 21.9. The number of carbonyl (C=O) groups excluding carboxylic acids is 3. The van der Waals surface area contributed by atoms with Crippen LogP contribution in [0, 0.1) is 11.8 Å². The molecular weight excluding hydrogens is 466 g/mol. The molecule has 1 aromatic heterocycles. The highest BCUT2D eigenvalue weighted by Crippen LogP contribution is 2.39. The van der Waals surface area contributed by atoms with Crippen molar-refractivity contribution in [2.45, 2.75) is 83.5 Å². The Bertz CT molecular complexity index is 1180. The SMILES string of the molecule is CC(C)[C@@H](C)Nc1cc(C(=O)NC2CC3CCC(C2)N3c2ccc(C(=O)C3CC3)cn2)ccc1C(N)=O. The molecule has 3 heterocycles. The number of pyridine rings is 1. The summed E-state index contributed by atoms with van der Waals surface area (Å²) in [5, 5.41) is 6.57. The van der Waals surface area contributed by atoms with Crippen molar-refractivity contribution in [2.24, 2.45) is 17.6 Å². The van der Waals surface area contributed by atoms with Crippen molar-refractivity contribution in [3.05, 3.63) is 53.2 Å². The summed E-state index contributed by atoms with van der Waals surface area (Å²) in [4.78, 5) is 44.5. The molecule has 1 aromatic carbocycles. The summed E-state index contributed by atoms with van der Waals surface area (Å²) in [5.74, 6) is 1.01. The minimum absolute atomic E-state index is 0.0683. The van der Waals surface area contributed by atoms with Gasteiger partial charge in [-0.1, -0.05) is 13.8 Å². The smallest absolute Gasteiger partial charge is 0.251 e. The maximum atomic E-state index is 13.2. The lowest BCUT2D eigenvalue weighted by molar-refractivity contribution is 0.0924. The molecule has 3 atom stereocenters. The fourth-order valence-electron chi connectivity index (χ4n) is 5.64. The zero-order chi connectivity index (χ0) is 26.3. The number of rotatable bonds is 9. The Labute approximate surface area is 218 Å². The van der Waals surface area contributed by atoms with Crippen LogP contribution in [0.4, 0.5) is 11.5 Å². The first-order valence-corrected chi connectivity index (χ1v) is 13.5. The number of hydrogen-bond acceptors (Lipinski definition) is 6. The fraction of sp³-hybridized carbons (Fsp3) is 0.517. The lowest BCUT2D eigenvalue weighted by Gasteiger charge is -2.40. The molecule has 2 aliphatic heterocycles. The van der Waals surface area contributed by atoms with Gasteiger partial charge in [0.15, 0.2) is 5.78 Å². The molecule has 0 radical (unpaired) electrons. The van der Waals surface area contributed by atoms with E-state index in [0.29, 0.717) is 40.4 Å². The summed E-state index contributed by atoms with van der Waals surface area (Å²) in [6, 6.07) is 9.72. The molecule has 3 fully saturated rings. The number of Topliss-reactive ketones (excluding diaryl/α,β-unsaturated/α-hetero) is 1. The molecule has 1 aliphatic carbocycles. The normalized spacial score (nSPS) is 23.6. The zero-order valence-corrected chi connectivity index (χ0v) is 21.9. The molecule has 2 aromatic rings. The molecule has 0 spiro atoms. The standard InChI is InChI=1S/C29H37N5O3/c1-16(2)17(3)32-25-12-19(6-10-24(25)28(30)36)29(37)33-21-13-22-8-9-23(14-21)34(22)26-11-7-20(15-31-26)27(35)18-4-5-18/h6-7,10-12,15-18,21-23,32H,4-5,8-9,13-14H2,1-3H3,(H2,30,36)(H,33,37)/t17-,21?,22?,23?/m1/s1. The Morgan fingerprint density at radius 1 is 0.973 bits per heavy atom. The van der Waals surface area contributed by atoms with Gasteiger partial charge < -0.3 is 21.3 Å². The van der Waals surface area contributed by atoms with Gasteiger partial charge in [-0.05, 0) is 81.7 Å². The van der Waals surface area contributed by atoms with Crippen LogP contribution in [0.25, 0.3) is 0 Å². The predicted octanol–water partition coefficient (Wildman–Crippen LogP) is 4.16. The van der Waals surface area contributed by atoms with Gasteiger partial charge in [0.05, 0.1) is 5.56 Å². The van der Waals surface area contributed by atoms with E-state index in [2.05, 4.69) is 34.4 Å². The van der Waals surface area contributed by atoms with Gasteiger partial charge in [0.1, 0.15) is 5.82 Å². The Kier molecular flexibility index (Phi) is 6.92. The minimum Gasteiger partial charge on any atom is -0.382 e. The maximum Gasteiger partial charge on any atom is 0.251 e. The molecule has 3 aliphatic rings. The number of anilines is 2. The number of carbonyl (C=O) groups is 3. The second-order valence-corrected chi connectivity index (χ2v) is 11.3. The summed E-state index contributed by atoms with van der Waals surface area (Å²) >= 11 is 0. The third kappa shape index (κ3) is 5.33. The molecule has 196 valence electrons. The van der Waals surface area contributed by atoms with E-state index >= 15 is 0 Å². The number of primary amides is 1. The molecule has 8 heteroatoms. The van der Waals surface area contributed by atoms with Crippen LogP contribution in [0.2, 0.25) is 0 Å². The highest BCUT2D eigenvalue weighted by Gasteiger charge is 2.42. The van der Waals surface area contributed by atoms with Crippen LogP contribution in [-0.2, 0) is 0 Å². The van der Waals surface area contributed by atoms with Gasteiger partial charge in [-0.3, -0.25) is 14.4 Å². The molecule has 37 heavy (non-hydrogen) atoms. The Morgan fingerprint density at radius 2 is 1.65 bits per heavy atom. The number of nitrogens with one attached hydrogen (secondary N) is 2. The van der Waals surface area contributed by atoms with Gasteiger partial charge in [-0.25, -0.2) is 4.98 Å². The quantitative estimate of drug-likeness (QED) is 0.443. The van der Waals surface area contributed by atoms with Crippen LogP contribution in [-0.4, -0.2) is 46.7 Å². The minimum atomic E-state index is -0.520. The number of fused-ring (bicyclic) bond motifs is 2. The van der Waals surface area contributed by atoms with E-state index in [1.807, 2.05) is 19.1 Å². The van der Waals surface area contributed by atoms with Crippen molar-refractivity contribution in [3.63, 3.8) is 0 Å². The number of benzene rings is 1. The molecule has 2 unspecified atom stereocenters. The van der Waals surface area contributed by atoms with Crippen LogP contribution >= 0.6 is 0 Å². The van der Waals surface area contributed by atoms with Gasteiger partial charge in [-0.2, -0.15) is 0 Å². The predicted molar refractivity (Wildman–Crippen MR) is 144 cm³/mol. The second-order valence-electron chi connectivity index (χ2n) is 11.3. The largest absolute Gasteiger partial charge is 0.382 e. The molecule has 8 nitrogen and oxygen atoms in total. The number of nitrogens with two attached hydrogens (primary N) is 1. The summed E-state index contributed by atoms with van der Waals surface area (Å²) in [6.07, 6.45) is 7.54. The third-order valence-corrected chi connectivity index (χ3v) is 8.24. The van der Waals surface area contributed by atoms with Crippen molar-refractivity contribution >= 4 is 29.1 Å². The van der Waals surface area contributed by atoms with E-state index in [1.54, 1.807) is 24.4 Å². The van der Waals surface area contributed by atoms with Gasteiger partial charge in [0, 0.05) is 53.1 Å². The van der Waals surface area contributed by atoms with Crippen molar-refractivity contribution in [2.75, 3.05) is 10.2 Å². The third-order valence-electron chi connectivity index (χ3n) is 8.24. The summed E-state index contributed by atoms with van der Waals surface area (Å²) in [7, 11) is 0. The first-order chi connectivity index (χ1) is 17.7. The van der Waals surface area contributed by atoms with Crippen LogP contribution in [0.5, 0.6) is 0 Å². The lowest BCUT2D eigenvalue weighted by Crippen LogP contribution is -2.50. The second kappa shape index (κ2) is 10.1.